The summed E-state index contributed by atoms with van der Waals surface area (Å²) in [6.45, 7) is 2.20. The number of carbonyl (C=O) groups is 1. The van der Waals surface area contributed by atoms with Gasteiger partial charge in [-0.25, -0.2) is 17.5 Å². The third kappa shape index (κ3) is 4.81. The summed E-state index contributed by atoms with van der Waals surface area (Å²) in [6, 6.07) is 16.2. The summed E-state index contributed by atoms with van der Waals surface area (Å²) < 4.78 is 50.9. The quantitative estimate of drug-likeness (QED) is 0.489. The molecule has 1 aliphatic heterocycles. The highest BCUT2D eigenvalue weighted by Crippen LogP contribution is 2.51. The lowest BCUT2D eigenvalue weighted by molar-refractivity contribution is -0.120. The molecule has 6 nitrogen and oxygen atoms in total. The van der Waals surface area contributed by atoms with Gasteiger partial charge in [0.25, 0.3) is 0 Å². The lowest BCUT2D eigenvalue weighted by atomic mass is 9.86. The molecule has 3 aromatic rings. The predicted octanol–water partition coefficient (Wildman–Crippen LogP) is 4.67. The van der Waals surface area contributed by atoms with Crippen LogP contribution >= 0.6 is 0 Å². The zero-order valence-electron chi connectivity index (χ0n) is 19.6. The minimum Gasteiger partial charge on any atom is -0.454 e. The number of sulfonamides is 1. The molecule has 1 saturated carbocycles. The molecule has 35 heavy (non-hydrogen) atoms. The number of Topliss-reactive ketones (excluding diaryl/α,β-unsaturated/α-hetero) is 1. The molecular weight excluding hydrogens is 469 g/mol. The van der Waals surface area contributed by atoms with Crippen LogP contribution in [0.1, 0.15) is 36.5 Å². The topological polar surface area (TPSA) is 81.7 Å². The molecule has 0 aromatic heterocycles. The monoisotopic (exact) mass is 497 g/mol. The molecule has 0 amide bonds. The molecule has 2 aliphatic rings. The average molecular weight is 498 g/mol. The van der Waals surface area contributed by atoms with Gasteiger partial charge in [0.2, 0.25) is 16.8 Å². The highest BCUT2D eigenvalue weighted by molar-refractivity contribution is 7.88. The Morgan fingerprint density at radius 2 is 1.77 bits per heavy atom. The van der Waals surface area contributed by atoms with E-state index in [1.807, 2.05) is 49.4 Å². The van der Waals surface area contributed by atoms with Gasteiger partial charge in [-0.05, 0) is 77.4 Å². The first-order chi connectivity index (χ1) is 16.6. The number of carbonyl (C=O) groups excluding carboxylic acids is 1. The zero-order valence-corrected chi connectivity index (χ0v) is 20.4. The van der Waals surface area contributed by atoms with Crippen molar-refractivity contribution in [3.63, 3.8) is 0 Å². The smallest absolute Gasteiger partial charge is 0.231 e. The molecule has 1 aliphatic carbocycles. The van der Waals surface area contributed by atoms with Crippen molar-refractivity contribution in [3.8, 4) is 22.6 Å². The lowest BCUT2D eigenvalue weighted by Crippen LogP contribution is -2.23. The summed E-state index contributed by atoms with van der Waals surface area (Å²) in [4.78, 5) is 13.4. The Morgan fingerprint density at radius 3 is 2.46 bits per heavy atom. The Labute approximate surface area is 205 Å². The van der Waals surface area contributed by atoms with E-state index in [4.69, 9.17) is 9.47 Å². The standard InChI is InChI=1S/C27H26FNO5S.H2/c1-17-11-23(28)20(12-22(17)19-5-3-18(4-6-19)15-29-35(2,31)32)13-26(30)27(9-10-27)21-7-8-24-25(14-21)34-16-33-24;/h3-8,11-12,14,29H,9-10,13,15-16H2,1-2H3;1H. The Hall–Kier alpha value is -3.23. The second-order valence-corrected chi connectivity index (χ2v) is 11.1. The third-order valence-electron chi connectivity index (χ3n) is 6.76. The number of nitrogens with one attached hydrogen (secondary N) is 1. The Morgan fingerprint density at radius 1 is 1.06 bits per heavy atom. The van der Waals surface area contributed by atoms with E-state index in [9.17, 15) is 17.6 Å². The van der Waals surface area contributed by atoms with Gasteiger partial charge in [-0.2, -0.15) is 0 Å². The summed E-state index contributed by atoms with van der Waals surface area (Å²) in [5.74, 6) is 0.909. The summed E-state index contributed by atoms with van der Waals surface area (Å²) in [5.41, 5.74) is 3.93. The van der Waals surface area contributed by atoms with Gasteiger partial charge >= 0.3 is 0 Å². The van der Waals surface area contributed by atoms with Crippen molar-refractivity contribution in [1.29, 1.82) is 0 Å². The first kappa shape index (κ1) is 23.5. The van der Waals surface area contributed by atoms with Crippen molar-refractivity contribution in [3.05, 3.63) is 82.7 Å². The van der Waals surface area contributed by atoms with Gasteiger partial charge in [-0.15, -0.1) is 0 Å². The van der Waals surface area contributed by atoms with E-state index in [1.165, 1.54) is 6.07 Å². The summed E-state index contributed by atoms with van der Waals surface area (Å²) in [5, 5.41) is 0. The minimum atomic E-state index is -3.28. The number of fused-ring (bicyclic) bond motifs is 1. The minimum absolute atomic E-state index is 0. The van der Waals surface area contributed by atoms with Crippen LogP contribution in [0.2, 0.25) is 0 Å². The van der Waals surface area contributed by atoms with E-state index in [0.29, 0.717) is 17.1 Å². The zero-order chi connectivity index (χ0) is 24.8. The number of ether oxygens (including phenoxy) is 2. The van der Waals surface area contributed by atoms with Crippen molar-refractivity contribution in [2.45, 2.75) is 38.1 Å². The van der Waals surface area contributed by atoms with E-state index < -0.39 is 21.3 Å². The maximum absolute atomic E-state index is 14.9. The third-order valence-corrected chi connectivity index (χ3v) is 7.43. The molecule has 1 fully saturated rings. The molecule has 8 heteroatoms. The highest BCUT2D eigenvalue weighted by atomic mass is 32.2. The maximum atomic E-state index is 14.9. The van der Waals surface area contributed by atoms with Gasteiger partial charge in [-0.1, -0.05) is 30.3 Å². The van der Waals surface area contributed by atoms with Crippen molar-refractivity contribution < 1.29 is 28.5 Å². The second-order valence-electron chi connectivity index (χ2n) is 9.30. The largest absolute Gasteiger partial charge is 0.454 e. The molecule has 1 heterocycles. The number of rotatable bonds is 8. The highest BCUT2D eigenvalue weighted by Gasteiger charge is 2.51. The maximum Gasteiger partial charge on any atom is 0.231 e. The van der Waals surface area contributed by atoms with Crippen molar-refractivity contribution in [1.82, 2.24) is 4.72 Å². The van der Waals surface area contributed by atoms with E-state index >= 15 is 0 Å². The van der Waals surface area contributed by atoms with Crippen LogP contribution in [-0.4, -0.2) is 27.2 Å². The van der Waals surface area contributed by atoms with E-state index in [0.717, 1.165) is 46.9 Å². The summed E-state index contributed by atoms with van der Waals surface area (Å²) in [6.07, 6.45) is 2.58. The number of hydrogen-bond acceptors (Lipinski definition) is 5. The molecule has 0 saturated heterocycles. The van der Waals surface area contributed by atoms with Gasteiger partial charge in [0.15, 0.2) is 11.5 Å². The van der Waals surface area contributed by atoms with E-state index in [1.54, 1.807) is 6.07 Å². The fourth-order valence-electron chi connectivity index (χ4n) is 4.57. The second kappa shape index (κ2) is 8.77. The van der Waals surface area contributed by atoms with Gasteiger partial charge < -0.3 is 9.47 Å². The number of hydrogen-bond donors (Lipinski definition) is 1. The predicted molar refractivity (Wildman–Crippen MR) is 133 cm³/mol. The van der Waals surface area contributed by atoms with Gasteiger partial charge in [0.1, 0.15) is 11.6 Å². The number of ketones is 1. The molecule has 5 rings (SSSR count). The van der Waals surface area contributed by atoms with Crippen LogP contribution in [0.5, 0.6) is 11.5 Å². The fraction of sp³-hybridized carbons (Fsp3) is 0.296. The molecule has 1 N–H and O–H groups in total. The van der Waals surface area contributed by atoms with E-state index in [2.05, 4.69) is 4.72 Å². The molecule has 0 unspecified atom stereocenters. The van der Waals surface area contributed by atoms with Crippen molar-refractivity contribution in [2.24, 2.45) is 0 Å². The molecule has 0 bridgehead atoms. The molecule has 3 aromatic carbocycles. The molecule has 0 spiro atoms. The van der Waals surface area contributed by atoms with Crippen LogP contribution in [0.4, 0.5) is 4.39 Å². The Balaban J connectivity index is 0.00000304. The molecule has 0 radical (unpaired) electrons. The van der Waals surface area contributed by atoms with Crippen LogP contribution in [0.25, 0.3) is 11.1 Å². The SMILES string of the molecule is Cc1cc(F)c(CC(=O)C2(c3ccc4c(c3)OCO4)CC2)cc1-c1ccc(CNS(C)(=O)=O)cc1.[HH]. The fourth-order valence-corrected chi connectivity index (χ4v) is 5.00. The summed E-state index contributed by atoms with van der Waals surface area (Å²) in [7, 11) is -3.28. The first-order valence-corrected chi connectivity index (χ1v) is 13.3. The number of benzene rings is 3. The Bertz CT molecular complexity index is 1420. The van der Waals surface area contributed by atoms with Crippen LogP contribution in [0, 0.1) is 12.7 Å². The number of halogens is 1. The first-order valence-electron chi connectivity index (χ1n) is 11.4. The van der Waals surface area contributed by atoms with Crippen molar-refractivity contribution in [2.75, 3.05) is 13.0 Å². The van der Waals surface area contributed by atoms with Crippen LogP contribution in [0.15, 0.2) is 54.6 Å². The van der Waals surface area contributed by atoms with Crippen molar-refractivity contribution >= 4 is 15.8 Å². The normalized spacial score (nSPS) is 15.7. The van der Waals surface area contributed by atoms with Gasteiger partial charge in [0.05, 0.1) is 11.7 Å². The summed E-state index contributed by atoms with van der Waals surface area (Å²) >= 11 is 0. The van der Waals surface area contributed by atoms with E-state index in [-0.39, 0.29) is 27.0 Å². The molecule has 184 valence electrons. The average Bonchev–Trinajstić information content (AvgIpc) is 3.50. The van der Waals surface area contributed by atoms with Gasteiger partial charge in [-0.3, -0.25) is 4.79 Å². The van der Waals surface area contributed by atoms with Crippen LogP contribution in [-0.2, 0) is 33.2 Å². The van der Waals surface area contributed by atoms with Gasteiger partial charge in [0, 0.05) is 14.4 Å². The molecular formula is C27H28FNO5S. The lowest BCUT2D eigenvalue weighted by Gasteiger charge is -2.17. The Kier molecular flexibility index (Phi) is 5.89. The van der Waals surface area contributed by atoms with Crippen LogP contribution in [0.3, 0.4) is 0 Å². The number of aryl methyl sites for hydroxylation is 1. The van der Waals surface area contributed by atoms with Crippen LogP contribution < -0.4 is 14.2 Å². The molecule has 0 atom stereocenters.